The van der Waals surface area contributed by atoms with Crippen molar-refractivity contribution in [2.75, 3.05) is 0 Å². The van der Waals surface area contributed by atoms with Crippen LogP contribution in [0.1, 0.15) is 31.7 Å². The van der Waals surface area contributed by atoms with E-state index in [0.29, 0.717) is 0 Å². The van der Waals surface area contributed by atoms with Gasteiger partial charge in [-0.05, 0) is 30.7 Å². The van der Waals surface area contributed by atoms with Crippen molar-refractivity contribution in [3.8, 4) is 0 Å². The highest BCUT2D eigenvalue weighted by Gasteiger charge is 2.45. The number of ether oxygens (including phenoxy) is 2. The lowest BCUT2D eigenvalue weighted by atomic mass is 9.97. The maximum atomic E-state index is 6.33. The number of aromatic amines is 1. The predicted octanol–water partition coefficient (Wildman–Crippen LogP) is 4.17. The van der Waals surface area contributed by atoms with Crippen LogP contribution >= 0.6 is 0 Å². The Hall–Kier alpha value is -2.17. The lowest BCUT2D eigenvalue weighted by Gasteiger charge is -2.29. The van der Waals surface area contributed by atoms with Crippen LogP contribution in [0.4, 0.5) is 0 Å². The number of hydrogen-bond donors (Lipinski definition) is 1. The molecule has 0 amide bonds. The van der Waals surface area contributed by atoms with Crippen LogP contribution in [0, 0.1) is 0 Å². The van der Waals surface area contributed by atoms with Gasteiger partial charge in [-0.25, -0.2) is 4.98 Å². The quantitative estimate of drug-likeness (QED) is 0.784. The summed E-state index contributed by atoms with van der Waals surface area (Å²) in [7, 11) is 0. The number of H-pyrrole nitrogens is 1. The van der Waals surface area contributed by atoms with Gasteiger partial charge in [-0.15, -0.1) is 0 Å². The van der Waals surface area contributed by atoms with Gasteiger partial charge in [0.1, 0.15) is 5.82 Å². The zero-order valence-electron chi connectivity index (χ0n) is 14.0. The number of benzene rings is 2. The van der Waals surface area contributed by atoms with E-state index in [1.54, 1.807) is 6.20 Å². The number of nitrogens with zero attached hydrogens (tertiary/aromatic N) is 1. The average molecular weight is 322 g/mol. The minimum atomic E-state index is -0.713. The van der Waals surface area contributed by atoms with E-state index >= 15 is 0 Å². The molecular weight excluding hydrogens is 300 g/mol. The number of hydrogen-bond acceptors (Lipinski definition) is 3. The van der Waals surface area contributed by atoms with Gasteiger partial charge < -0.3 is 14.5 Å². The first-order valence-electron chi connectivity index (χ1n) is 8.49. The standard InChI is InChI=1S/C20H22N2O2/c1-14-15(2)24-20(23-14,10-9-19-21-11-12-22-19)18-8-7-16-5-3-4-6-17(16)13-18/h3-8,11-15H,9-10H2,1-2H3,(H,21,22). The molecule has 24 heavy (non-hydrogen) atoms. The Morgan fingerprint density at radius 3 is 2.50 bits per heavy atom. The molecule has 4 heteroatoms. The van der Waals surface area contributed by atoms with Crippen LogP contribution in [-0.2, 0) is 21.7 Å². The SMILES string of the molecule is CC1OC(CCc2ncc[nH]2)(c2ccc3ccccc3c2)OC1C. The molecule has 1 aliphatic rings. The molecule has 4 rings (SSSR count). The van der Waals surface area contributed by atoms with Gasteiger partial charge in [0.05, 0.1) is 12.2 Å². The molecular formula is C20H22N2O2. The first kappa shape index (κ1) is 15.4. The third kappa shape index (κ3) is 2.72. The fourth-order valence-corrected chi connectivity index (χ4v) is 3.36. The Labute approximate surface area is 141 Å². The summed E-state index contributed by atoms with van der Waals surface area (Å²) in [6, 6.07) is 14.8. The summed E-state index contributed by atoms with van der Waals surface area (Å²) >= 11 is 0. The Bertz CT molecular complexity index is 819. The molecule has 1 saturated heterocycles. The second-order valence-corrected chi connectivity index (χ2v) is 6.50. The normalized spacial score (nSPS) is 26.9. The molecule has 2 aromatic carbocycles. The smallest absolute Gasteiger partial charge is 0.196 e. The molecule has 0 saturated carbocycles. The maximum absolute atomic E-state index is 6.33. The average Bonchev–Trinajstić information content (AvgIpc) is 3.22. The van der Waals surface area contributed by atoms with Gasteiger partial charge in [-0.2, -0.15) is 0 Å². The Morgan fingerprint density at radius 2 is 1.79 bits per heavy atom. The first-order chi connectivity index (χ1) is 11.7. The van der Waals surface area contributed by atoms with E-state index in [1.165, 1.54) is 10.8 Å². The van der Waals surface area contributed by atoms with E-state index in [4.69, 9.17) is 9.47 Å². The van der Waals surface area contributed by atoms with Crippen LogP contribution in [0.25, 0.3) is 10.8 Å². The first-order valence-corrected chi connectivity index (χ1v) is 8.49. The van der Waals surface area contributed by atoms with E-state index in [9.17, 15) is 0 Å². The van der Waals surface area contributed by atoms with E-state index < -0.39 is 5.79 Å². The molecule has 1 aliphatic heterocycles. The van der Waals surface area contributed by atoms with Crippen molar-refractivity contribution < 1.29 is 9.47 Å². The minimum absolute atomic E-state index is 0.0630. The molecule has 2 unspecified atom stereocenters. The molecule has 0 aliphatic carbocycles. The van der Waals surface area contributed by atoms with Crippen molar-refractivity contribution in [1.29, 1.82) is 0 Å². The molecule has 124 valence electrons. The molecule has 3 aromatic rings. The van der Waals surface area contributed by atoms with Crippen molar-refractivity contribution in [1.82, 2.24) is 9.97 Å². The molecule has 4 nitrogen and oxygen atoms in total. The van der Waals surface area contributed by atoms with Crippen LogP contribution in [0.2, 0.25) is 0 Å². The van der Waals surface area contributed by atoms with E-state index in [2.05, 4.69) is 66.3 Å². The highest BCUT2D eigenvalue weighted by molar-refractivity contribution is 5.83. The van der Waals surface area contributed by atoms with Gasteiger partial charge in [-0.3, -0.25) is 0 Å². The van der Waals surface area contributed by atoms with Crippen LogP contribution in [0.3, 0.4) is 0 Å². The summed E-state index contributed by atoms with van der Waals surface area (Å²) in [4.78, 5) is 7.48. The van der Waals surface area contributed by atoms with Gasteiger partial charge in [0.2, 0.25) is 0 Å². The lowest BCUT2D eigenvalue weighted by Crippen LogP contribution is -2.29. The Kier molecular flexibility index (Phi) is 3.87. The number of nitrogens with one attached hydrogen (secondary N) is 1. The van der Waals surface area contributed by atoms with Crippen molar-refractivity contribution in [2.24, 2.45) is 0 Å². The highest BCUT2D eigenvalue weighted by Crippen LogP contribution is 2.41. The lowest BCUT2D eigenvalue weighted by molar-refractivity contribution is -0.186. The third-order valence-corrected chi connectivity index (χ3v) is 4.85. The summed E-state index contributed by atoms with van der Waals surface area (Å²) in [6.45, 7) is 4.14. The largest absolute Gasteiger partial charge is 0.349 e. The molecule has 1 N–H and O–H groups in total. The second kappa shape index (κ2) is 6.04. The zero-order valence-corrected chi connectivity index (χ0v) is 14.0. The summed E-state index contributed by atoms with van der Waals surface area (Å²) in [5, 5.41) is 2.42. The summed E-state index contributed by atoms with van der Waals surface area (Å²) < 4.78 is 12.7. The van der Waals surface area contributed by atoms with Crippen molar-refractivity contribution in [3.63, 3.8) is 0 Å². The van der Waals surface area contributed by atoms with Crippen LogP contribution in [0.5, 0.6) is 0 Å². The molecule has 2 atom stereocenters. The Balaban J connectivity index is 1.70. The Morgan fingerprint density at radius 1 is 1.04 bits per heavy atom. The fourth-order valence-electron chi connectivity index (χ4n) is 3.36. The summed E-state index contributed by atoms with van der Waals surface area (Å²) in [5.74, 6) is 0.241. The summed E-state index contributed by atoms with van der Waals surface area (Å²) in [5.41, 5.74) is 1.07. The zero-order chi connectivity index (χ0) is 16.6. The highest BCUT2D eigenvalue weighted by atomic mass is 16.8. The molecule has 0 bridgehead atoms. The number of fused-ring (bicyclic) bond motifs is 1. The molecule has 1 fully saturated rings. The van der Waals surface area contributed by atoms with Crippen LogP contribution in [0.15, 0.2) is 54.9 Å². The van der Waals surface area contributed by atoms with Crippen LogP contribution in [-0.4, -0.2) is 22.2 Å². The van der Waals surface area contributed by atoms with Crippen LogP contribution < -0.4 is 0 Å². The van der Waals surface area contributed by atoms with Crippen molar-refractivity contribution >= 4 is 10.8 Å². The monoisotopic (exact) mass is 322 g/mol. The topological polar surface area (TPSA) is 47.1 Å². The molecule has 2 heterocycles. The summed E-state index contributed by atoms with van der Waals surface area (Å²) in [6.07, 6.45) is 5.26. The number of rotatable bonds is 4. The number of aryl methyl sites for hydroxylation is 1. The fraction of sp³-hybridized carbons (Fsp3) is 0.350. The molecule has 0 radical (unpaired) electrons. The second-order valence-electron chi connectivity index (χ2n) is 6.50. The molecule has 0 spiro atoms. The van der Waals surface area contributed by atoms with Gasteiger partial charge in [0.15, 0.2) is 5.79 Å². The van der Waals surface area contributed by atoms with Gasteiger partial charge >= 0.3 is 0 Å². The predicted molar refractivity (Wildman–Crippen MR) is 93.6 cm³/mol. The van der Waals surface area contributed by atoms with Crippen molar-refractivity contribution in [3.05, 3.63) is 66.2 Å². The third-order valence-electron chi connectivity index (χ3n) is 4.85. The van der Waals surface area contributed by atoms with E-state index in [1.807, 2.05) is 6.20 Å². The minimum Gasteiger partial charge on any atom is -0.349 e. The van der Waals surface area contributed by atoms with Gasteiger partial charge in [0, 0.05) is 30.8 Å². The van der Waals surface area contributed by atoms with Gasteiger partial charge in [0.25, 0.3) is 0 Å². The maximum Gasteiger partial charge on any atom is 0.196 e. The van der Waals surface area contributed by atoms with Gasteiger partial charge in [-0.1, -0.05) is 36.4 Å². The molecule has 1 aromatic heterocycles. The van der Waals surface area contributed by atoms with Crippen molar-refractivity contribution in [2.45, 2.75) is 44.7 Å². The number of aromatic nitrogens is 2. The van der Waals surface area contributed by atoms with E-state index in [-0.39, 0.29) is 12.2 Å². The van der Waals surface area contributed by atoms with E-state index in [0.717, 1.165) is 24.2 Å². The number of imidazole rings is 1.